The molecule has 2 aliphatic heterocycles. The minimum Gasteiger partial charge on any atom is -0.343 e. The Kier molecular flexibility index (Phi) is 5.29. The lowest BCUT2D eigenvalue weighted by Gasteiger charge is -2.10. The van der Waals surface area contributed by atoms with Crippen molar-refractivity contribution in [1.82, 2.24) is 9.80 Å². The lowest BCUT2D eigenvalue weighted by Crippen LogP contribution is -2.23. The van der Waals surface area contributed by atoms with Gasteiger partial charge in [0.1, 0.15) is 0 Å². The molecule has 4 nitrogen and oxygen atoms in total. The maximum absolute atomic E-state index is 10.7. The first-order valence-electron chi connectivity index (χ1n) is 6.24. The molecule has 0 aromatic carbocycles. The van der Waals surface area contributed by atoms with Crippen LogP contribution in [0.4, 0.5) is 0 Å². The topological polar surface area (TPSA) is 40.6 Å². The van der Waals surface area contributed by atoms with E-state index >= 15 is 0 Å². The molecule has 0 atom stereocenters. The van der Waals surface area contributed by atoms with Crippen LogP contribution < -0.4 is 0 Å². The minimum atomic E-state index is 0.326. The van der Waals surface area contributed by atoms with Crippen molar-refractivity contribution in [3.8, 4) is 0 Å². The smallest absolute Gasteiger partial charge is 0.222 e. The number of rotatable bonds is 2. The summed E-state index contributed by atoms with van der Waals surface area (Å²) in [5, 5.41) is 0. The fraction of sp³-hybridized carbons (Fsp3) is 0.833. The van der Waals surface area contributed by atoms with Crippen LogP contribution in [-0.2, 0) is 9.59 Å². The number of likely N-dealkylation sites (tertiary alicyclic amines) is 2. The van der Waals surface area contributed by atoms with Gasteiger partial charge in [-0.25, -0.2) is 0 Å². The van der Waals surface area contributed by atoms with Crippen LogP contribution in [-0.4, -0.2) is 47.8 Å². The Hall–Kier alpha value is -1.06. The molecule has 0 saturated carbocycles. The van der Waals surface area contributed by atoms with Gasteiger partial charge in [-0.3, -0.25) is 9.59 Å². The second-order valence-corrected chi connectivity index (χ2v) is 4.15. The average Bonchev–Trinajstić information content (AvgIpc) is 2.87. The Morgan fingerprint density at radius 3 is 1.38 bits per heavy atom. The molecule has 4 heteroatoms. The summed E-state index contributed by atoms with van der Waals surface area (Å²) in [5.74, 6) is 0.653. The molecule has 0 spiro atoms. The highest BCUT2D eigenvalue weighted by molar-refractivity contribution is 5.78. The number of carbonyl (C=O) groups is 2. The highest BCUT2D eigenvalue weighted by atomic mass is 16.2. The van der Waals surface area contributed by atoms with Crippen LogP contribution in [0, 0.1) is 0 Å². The van der Waals surface area contributed by atoms with Crippen molar-refractivity contribution in [2.24, 2.45) is 0 Å². The SMILES string of the molecule is CCN1CCCC1=O.CCN1CCCC1=O. The van der Waals surface area contributed by atoms with Crippen molar-refractivity contribution in [3.63, 3.8) is 0 Å². The molecular formula is C12H22N2O2. The molecule has 0 bridgehead atoms. The van der Waals surface area contributed by atoms with Gasteiger partial charge in [0.15, 0.2) is 0 Å². The third kappa shape index (κ3) is 3.51. The second kappa shape index (κ2) is 6.51. The van der Waals surface area contributed by atoms with Gasteiger partial charge in [0.25, 0.3) is 0 Å². The molecule has 2 aliphatic rings. The Morgan fingerprint density at radius 1 is 0.875 bits per heavy atom. The van der Waals surface area contributed by atoms with Gasteiger partial charge in [-0.15, -0.1) is 0 Å². The van der Waals surface area contributed by atoms with E-state index in [2.05, 4.69) is 0 Å². The molecule has 0 aromatic heterocycles. The van der Waals surface area contributed by atoms with Crippen LogP contribution in [0.25, 0.3) is 0 Å². The van der Waals surface area contributed by atoms with E-state index in [-0.39, 0.29) is 0 Å². The van der Waals surface area contributed by atoms with E-state index < -0.39 is 0 Å². The summed E-state index contributed by atoms with van der Waals surface area (Å²) in [7, 11) is 0. The van der Waals surface area contributed by atoms with Crippen LogP contribution >= 0.6 is 0 Å². The molecule has 0 unspecified atom stereocenters. The van der Waals surface area contributed by atoms with E-state index in [0.717, 1.165) is 51.9 Å². The minimum absolute atomic E-state index is 0.326. The zero-order valence-electron chi connectivity index (χ0n) is 10.4. The zero-order chi connectivity index (χ0) is 12.0. The summed E-state index contributed by atoms with van der Waals surface area (Å²) < 4.78 is 0. The number of carbonyl (C=O) groups excluding carboxylic acids is 2. The van der Waals surface area contributed by atoms with Gasteiger partial charge in [0.05, 0.1) is 0 Å². The van der Waals surface area contributed by atoms with Crippen molar-refractivity contribution in [2.75, 3.05) is 26.2 Å². The molecule has 0 N–H and O–H groups in total. The molecule has 2 heterocycles. The Morgan fingerprint density at radius 2 is 1.25 bits per heavy atom. The molecule has 16 heavy (non-hydrogen) atoms. The third-order valence-corrected chi connectivity index (χ3v) is 3.11. The maximum atomic E-state index is 10.7. The van der Waals surface area contributed by atoms with Gasteiger partial charge in [0, 0.05) is 39.0 Å². The average molecular weight is 226 g/mol. The fourth-order valence-corrected chi connectivity index (χ4v) is 2.08. The predicted octanol–water partition coefficient (Wildman–Crippen LogP) is 1.26. The maximum Gasteiger partial charge on any atom is 0.222 e. The molecule has 92 valence electrons. The van der Waals surface area contributed by atoms with Crippen molar-refractivity contribution in [3.05, 3.63) is 0 Å². The number of hydrogen-bond acceptors (Lipinski definition) is 2. The van der Waals surface area contributed by atoms with Crippen LogP contribution in [0.2, 0.25) is 0 Å². The molecule has 2 fully saturated rings. The first-order valence-corrected chi connectivity index (χ1v) is 6.24. The standard InChI is InChI=1S/2C6H11NO/c2*1-2-7-5-3-4-6(7)8/h2*2-5H2,1H3. The van der Waals surface area contributed by atoms with Crippen LogP contribution in [0.15, 0.2) is 0 Å². The van der Waals surface area contributed by atoms with Crippen molar-refractivity contribution >= 4 is 11.8 Å². The van der Waals surface area contributed by atoms with Crippen molar-refractivity contribution in [2.45, 2.75) is 39.5 Å². The monoisotopic (exact) mass is 226 g/mol. The van der Waals surface area contributed by atoms with E-state index in [1.807, 2.05) is 23.6 Å². The van der Waals surface area contributed by atoms with Crippen molar-refractivity contribution in [1.29, 1.82) is 0 Å². The van der Waals surface area contributed by atoms with Crippen LogP contribution in [0.1, 0.15) is 39.5 Å². The van der Waals surface area contributed by atoms with Crippen LogP contribution in [0.5, 0.6) is 0 Å². The summed E-state index contributed by atoms with van der Waals surface area (Å²) >= 11 is 0. The molecule has 2 saturated heterocycles. The molecule has 2 amide bonds. The number of hydrogen-bond donors (Lipinski definition) is 0. The molecule has 0 radical (unpaired) electrons. The summed E-state index contributed by atoms with van der Waals surface area (Å²) in [5.41, 5.74) is 0. The first-order chi connectivity index (χ1) is 7.69. The highest BCUT2D eigenvalue weighted by Crippen LogP contribution is 2.08. The summed E-state index contributed by atoms with van der Waals surface area (Å²) in [6, 6.07) is 0. The quantitative estimate of drug-likeness (QED) is 0.711. The highest BCUT2D eigenvalue weighted by Gasteiger charge is 2.17. The van der Waals surface area contributed by atoms with Gasteiger partial charge in [-0.1, -0.05) is 0 Å². The molecule has 0 aliphatic carbocycles. The largest absolute Gasteiger partial charge is 0.343 e. The molecule has 0 aromatic rings. The van der Waals surface area contributed by atoms with Gasteiger partial charge in [-0.2, -0.15) is 0 Å². The van der Waals surface area contributed by atoms with E-state index in [9.17, 15) is 9.59 Å². The Labute approximate surface area is 97.6 Å². The summed E-state index contributed by atoms with van der Waals surface area (Å²) in [6.45, 7) is 7.77. The van der Waals surface area contributed by atoms with Gasteiger partial charge in [0.2, 0.25) is 11.8 Å². The molecule has 2 rings (SSSR count). The fourth-order valence-electron chi connectivity index (χ4n) is 2.08. The summed E-state index contributed by atoms with van der Waals surface area (Å²) in [6.07, 6.45) is 3.67. The lowest BCUT2D eigenvalue weighted by molar-refractivity contribution is -0.128. The van der Waals surface area contributed by atoms with E-state index in [1.54, 1.807) is 0 Å². The Bertz CT molecular complexity index is 227. The lowest BCUT2D eigenvalue weighted by atomic mass is 10.4. The van der Waals surface area contributed by atoms with E-state index in [0.29, 0.717) is 11.8 Å². The third-order valence-electron chi connectivity index (χ3n) is 3.11. The van der Waals surface area contributed by atoms with Crippen molar-refractivity contribution < 1.29 is 9.59 Å². The molecular weight excluding hydrogens is 204 g/mol. The number of nitrogens with zero attached hydrogens (tertiary/aromatic N) is 2. The van der Waals surface area contributed by atoms with Gasteiger partial charge >= 0.3 is 0 Å². The van der Waals surface area contributed by atoms with Gasteiger partial charge < -0.3 is 9.80 Å². The van der Waals surface area contributed by atoms with Crippen LogP contribution in [0.3, 0.4) is 0 Å². The van der Waals surface area contributed by atoms with E-state index in [1.165, 1.54) is 0 Å². The second-order valence-electron chi connectivity index (χ2n) is 4.15. The first kappa shape index (κ1) is 13.0. The predicted molar refractivity (Wildman–Crippen MR) is 63.0 cm³/mol. The normalized spacial score (nSPS) is 20.1. The zero-order valence-corrected chi connectivity index (χ0v) is 10.4. The van der Waals surface area contributed by atoms with Gasteiger partial charge in [-0.05, 0) is 26.7 Å². The number of amides is 2. The summed E-state index contributed by atoms with van der Waals surface area (Å²) in [4.78, 5) is 25.2. The Balaban J connectivity index is 0.000000160. The van der Waals surface area contributed by atoms with E-state index in [4.69, 9.17) is 0 Å².